The molecule has 19 heavy (non-hydrogen) atoms. The molecular weight excluding hydrogens is 241 g/mol. The molecule has 1 aliphatic rings. The highest BCUT2D eigenvalue weighted by molar-refractivity contribution is 5.59. The van der Waals surface area contributed by atoms with Crippen LogP contribution in [0.3, 0.4) is 0 Å². The maximum atomic E-state index is 13.7. The molecule has 100 valence electrons. The Balaban J connectivity index is 1.67. The molecule has 4 heteroatoms. The maximum Gasteiger partial charge on any atom is 0.132 e. The van der Waals surface area contributed by atoms with E-state index in [1.54, 1.807) is 18.3 Å². The normalized spacial score (nSPS) is 16.1. The first-order valence-corrected chi connectivity index (χ1v) is 6.85. The van der Waals surface area contributed by atoms with Crippen LogP contribution >= 0.6 is 0 Å². The summed E-state index contributed by atoms with van der Waals surface area (Å²) in [5.74, 6) is 0.645. The number of aromatic amines is 1. The Kier molecular flexibility index (Phi) is 3.60. The van der Waals surface area contributed by atoms with Crippen LogP contribution in [0.4, 0.5) is 4.39 Å². The number of imidazole rings is 1. The van der Waals surface area contributed by atoms with Crippen molar-refractivity contribution in [2.75, 3.05) is 0 Å². The van der Waals surface area contributed by atoms with E-state index >= 15 is 0 Å². The Labute approximate surface area is 112 Å². The van der Waals surface area contributed by atoms with E-state index in [9.17, 15) is 4.39 Å². The minimum absolute atomic E-state index is 0.221. The molecule has 0 bridgehead atoms. The molecule has 1 aromatic carbocycles. The number of benzene rings is 1. The Morgan fingerprint density at radius 1 is 1.26 bits per heavy atom. The lowest BCUT2D eigenvalue weighted by Gasteiger charge is -2.09. The molecule has 1 aliphatic carbocycles. The number of hydrogen-bond donors (Lipinski definition) is 2. The van der Waals surface area contributed by atoms with Gasteiger partial charge in [0, 0.05) is 11.6 Å². The van der Waals surface area contributed by atoms with E-state index in [4.69, 9.17) is 0 Å². The number of nitrogens with one attached hydrogen (secondary N) is 2. The maximum absolute atomic E-state index is 13.7. The monoisotopic (exact) mass is 259 g/mol. The summed E-state index contributed by atoms with van der Waals surface area (Å²) < 4.78 is 13.7. The summed E-state index contributed by atoms with van der Waals surface area (Å²) in [7, 11) is 0. The number of hydrogen-bond acceptors (Lipinski definition) is 2. The second kappa shape index (κ2) is 5.53. The van der Waals surface area contributed by atoms with Crippen molar-refractivity contribution < 1.29 is 4.39 Å². The third-order valence-electron chi connectivity index (χ3n) is 3.71. The van der Waals surface area contributed by atoms with Gasteiger partial charge in [-0.05, 0) is 25.0 Å². The van der Waals surface area contributed by atoms with E-state index < -0.39 is 0 Å². The van der Waals surface area contributed by atoms with Gasteiger partial charge in [0.1, 0.15) is 11.6 Å². The van der Waals surface area contributed by atoms with Crippen molar-refractivity contribution in [2.24, 2.45) is 0 Å². The topological polar surface area (TPSA) is 40.7 Å². The first-order chi connectivity index (χ1) is 9.33. The molecule has 3 rings (SSSR count). The molecule has 0 saturated heterocycles. The van der Waals surface area contributed by atoms with Crippen LogP contribution in [0, 0.1) is 5.82 Å². The lowest BCUT2D eigenvalue weighted by atomic mass is 10.1. The molecule has 2 N–H and O–H groups in total. The number of aromatic nitrogens is 2. The Bertz CT molecular complexity index is 544. The van der Waals surface area contributed by atoms with E-state index in [-0.39, 0.29) is 5.82 Å². The summed E-state index contributed by atoms with van der Waals surface area (Å²) in [4.78, 5) is 7.49. The van der Waals surface area contributed by atoms with Crippen LogP contribution in [0.5, 0.6) is 0 Å². The minimum atomic E-state index is -0.221. The van der Waals surface area contributed by atoms with Crippen LogP contribution in [0.25, 0.3) is 11.3 Å². The minimum Gasteiger partial charge on any atom is -0.341 e. The van der Waals surface area contributed by atoms with Gasteiger partial charge in [0.2, 0.25) is 0 Å². The molecule has 0 spiro atoms. The fraction of sp³-hybridized carbons (Fsp3) is 0.400. The van der Waals surface area contributed by atoms with Gasteiger partial charge in [-0.2, -0.15) is 0 Å². The predicted octanol–water partition coefficient (Wildman–Crippen LogP) is 3.25. The van der Waals surface area contributed by atoms with E-state index in [0.717, 1.165) is 18.1 Å². The van der Waals surface area contributed by atoms with Gasteiger partial charge in [0.05, 0.1) is 18.4 Å². The SMILES string of the molecule is Fc1ccccc1-c1cnc(CNC2CCCC2)[nH]1. The van der Waals surface area contributed by atoms with Crippen molar-refractivity contribution >= 4 is 0 Å². The van der Waals surface area contributed by atoms with Crippen LogP contribution in [-0.4, -0.2) is 16.0 Å². The van der Waals surface area contributed by atoms with Crippen LogP contribution in [0.1, 0.15) is 31.5 Å². The van der Waals surface area contributed by atoms with Crippen LogP contribution < -0.4 is 5.32 Å². The molecule has 0 atom stereocenters. The summed E-state index contributed by atoms with van der Waals surface area (Å²) in [6, 6.07) is 7.36. The molecule has 0 radical (unpaired) electrons. The van der Waals surface area contributed by atoms with Crippen molar-refractivity contribution in [1.82, 2.24) is 15.3 Å². The lowest BCUT2D eigenvalue weighted by Crippen LogP contribution is -2.25. The molecular formula is C15H18FN3. The molecule has 0 aliphatic heterocycles. The molecule has 2 aromatic rings. The van der Waals surface area contributed by atoms with Gasteiger partial charge in [-0.25, -0.2) is 9.37 Å². The van der Waals surface area contributed by atoms with Crippen molar-refractivity contribution in [1.29, 1.82) is 0 Å². The molecule has 0 amide bonds. The molecule has 1 saturated carbocycles. The van der Waals surface area contributed by atoms with Crippen LogP contribution in [0.15, 0.2) is 30.5 Å². The highest BCUT2D eigenvalue weighted by Gasteiger charge is 2.14. The zero-order chi connectivity index (χ0) is 13.1. The zero-order valence-corrected chi connectivity index (χ0v) is 10.8. The highest BCUT2D eigenvalue weighted by Crippen LogP contribution is 2.21. The Morgan fingerprint density at radius 2 is 2.05 bits per heavy atom. The van der Waals surface area contributed by atoms with Gasteiger partial charge in [-0.15, -0.1) is 0 Å². The molecule has 1 heterocycles. The van der Waals surface area contributed by atoms with Gasteiger partial charge < -0.3 is 10.3 Å². The first kappa shape index (κ1) is 12.4. The smallest absolute Gasteiger partial charge is 0.132 e. The van der Waals surface area contributed by atoms with E-state index in [2.05, 4.69) is 15.3 Å². The number of halogens is 1. The second-order valence-electron chi connectivity index (χ2n) is 5.09. The van der Waals surface area contributed by atoms with Gasteiger partial charge in [-0.3, -0.25) is 0 Å². The predicted molar refractivity (Wildman–Crippen MR) is 73.1 cm³/mol. The third kappa shape index (κ3) is 2.84. The van der Waals surface area contributed by atoms with Crippen molar-refractivity contribution in [3.8, 4) is 11.3 Å². The average molecular weight is 259 g/mol. The van der Waals surface area contributed by atoms with Crippen molar-refractivity contribution in [2.45, 2.75) is 38.3 Å². The summed E-state index contributed by atoms with van der Waals surface area (Å²) in [5, 5.41) is 3.49. The standard InChI is InChI=1S/C15H18FN3/c16-13-8-4-3-7-12(13)14-9-18-15(19-14)10-17-11-5-1-2-6-11/h3-4,7-9,11,17H,1-2,5-6,10H2,(H,18,19). The van der Waals surface area contributed by atoms with Gasteiger partial charge in [0.25, 0.3) is 0 Å². The molecule has 3 nitrogen and oxygen atoms in total. The highest BCUT2D eigenvalue weighted by atomic mass is 19.1. The fourth-order valence-electron chi connectivity index (χ4n) is 2.64. The summed E-state index contributed by atoms with van der Waals surface area (Å²) in [5.41, 5.74) is 1.31. The summed E-state index contributed by atoms with van der Waals surface area (Å²) in [6.45, 7) is 0.721. The number of nitrogens with zero attached hydrogens (tertiary/aromatic N) is 1. The molecule has 0 unspecified atom stereocenters. The molecule has 1 fully saturated rings. The fourth-order valence-corrected chi connectivity index (χ4v) is 2.64. The van der Waals surface area contributed by atoms with Gasteiger partial charge in [-0.1, -0.05) is 25.0 Å². The second-order valence-corrected chi connectivity index (χ2v) is 5.09. The van der Waals surface area contributed by atoms with Gasteiger partial charge in [0.15, 0.2) is 0 Å². The van der Waals surface area contributed by atoms with Gasteiger partial charge >= 0.3 is 0 Å². The number of rotatable bonds is 4. The van der Waals surface area contributed by atoms with Crippen LogP contribution in [-0.2, 0) is 6.54 Å². The third-order valence-corrected chi connectivity index (χ3v) is 3.71. The summed E-state index contributed by atoms with van der Waals surface area (Å²) >= 11 is 0. The van der Waals surface area contributed by atoms with E-state index in [1.165, 1.54) is 31.7 Å². The largest absolute Gasteiger partial charge is 0.341 e. The lowest BCUT2D eigenvalue weighted by molar-refractivity contribution is 0.515. The Hall–Kier alpha value is -1.68. The van der Waals surface area contributed by atoms with E-state index in [0.29, 0.717) is 11.6 Å². The quantitative estimate of drug-likeness (QED) is 0.885. The first-order valence-electron chi connectivity index (χ1n) is 6.85. The zero-order valence-electron chi connectivity index (χ0n) is 10.8. The number of H-pyrrole nitrogens is 1. The molecule has 1 aromatic heterocycles. The Morgan fingerprint density at radius 3 is 2.84 bits per heavy atom. The van der Waals surface area contributed by atoms with Crippen molar-refractivity contribution in [3.63, 3.8) is 0 Å². The van der Waals surface area contributed by atoms with Crippen molar-refractivity contribution in [3.05, 3.63) is 42.1 Å². The van der Waals surface area contributed by atoms with E-state index in [1.807, 2.05) is 6.07 Å². The summed E-state index contributed by atoms with van der Waals surface area (Å²) in [6.07, 6.45) is 6.83. The average Bonchev–Trinajstić information content (AvgIpc) is 3.08. The van der Waals surface area contributed by atoms with Crippen LogP contribution in [0.2, 0.25) is 0 Å².